The van der Waals surface area contributed by atoms with Crippen LogP contribution in [0.25, 0.3) is 0 Å². The smallest absolute Gasteiger partial charge is 0.305 e. The SMILES string of the molecule is CC(C)N1CC(C(=O)N(CCC(=O)O)C2CC2)CC1=O. The molecule has 1 N–H and O–H groups in total. The van der Waals surface area contributed by atoms with Crippen molar-refractivity contribution >= 4 is 17.8 Å². The fourth-order valence-electron chi connectivity index (χ4n) is 2.71. The molecule has 0 aromatic carbocycles. The van der Waals surface area contributed by atoms with Crippen LogP contribution in [0, 0.1) is 5.92 Å². The van der Waals surface area contributed by atoms with E-state index < -0.39 is 5.97 Å². The Morgan fingerprint density at radius 2 is 2.05 bits per heavy atom. The van der Waals surface area contributed by atoms with E-state index in [4.69, 9.17) is 5.11 Å². The van der Waals surface area contributed by atoms with E-state index in [2.05, 4.69) is 0 Å². The molecular formula is C14H22N2O4. The third-order valence-electron chi connectivity index (χ3n) is 3.97. The zero-order chi connectivity index (χ0) is 14.9. The van der Waals surface area contributed by atoms with Crippen LogP contribution in [0.1, 0.15) is 39.5 Å². The van der Waals surface area contributed by atoms with Crippen molar-refractivity contribution in [2.24, 2.45) is 5.92 Å². The maximum Gasteiger partial charge on any atom is 0.305 e. The summed E-state index contributed by atoms with van der Waals surface area (Å²) in [5.74, 6) is -1.23. The summed E-state index contributed by atoms with van der Waals surface area (Å²) in [5, 5.41) is 8.77. The highest BCUT2D eigenvalue weighted by molar-refractivity contribution is 5.89. The molecule has 6 nitrogen and oxygen atoms in total. The van der Waals surface area contributed by atoms with Gasteiger partial charge in [-0.05, 0) is 26.7 Å². The number of carbonyl (C=O) groups is 3. The predicted octanol–water partition coefficient (Wildman–Crippen LogP) is 0.709. The normalized spacial score (nSPS) is 22.4. The molecule has 2 fully saturated rings. The second-order valence-electron chi connectivity index (χ2n) is 5.95. The highest BCUT2D eigenvalue weighted by Gasteiger charge is 2.41. The topological polar surface area (TPSA) is 77.9 Å². The average molecular weight is 282 g/mol. The number of carboxylic acids is 1. The largest absolute Gasteiger partial charge is 0.481 e. The standard InChI is InChI=1S/C14H22N2O4/c1-9(2)16-8-10(7-12(16)17)14(20)15(11-3-4-11)6-5-13(18)19/h9-11H,3-8H2,1-2H3,(H,18,19). The van der Waals surface area contributed by atoms with Crippen LogP contribution in [0.5, 0.6) is 0 Å². The second kappa shape index (κ2) is 5.81. The molecule has 0 aromatic heterocycles. The molecule has 0 aromatic rings. The Kier molecular flexibility index (Phi) is 4.30. The lowest BCUT2D eigenvalue weighted by molar-refractivity contribution is -0.140. The van der Waals surface area contributed by atoms with Crippen molar-refractivity contribution in [3.63, 3.8) is 0 Å². The Hall–Kier alpha value is -1.59. The molecule has 2 aliphatic rings. The molecule has 0 spiro atoms. The molecule has 2 amide bonds. The number of rotatable bonds is 6. The van der Waals surface area contributed by atoms with Crippen molar-refractivity contribution in [2.45, 2.75) is 51.6 Å². The first kappa shape index (κ1) is 14.8. The first-order chi connectivity index (χ1) is 9.40. The summed E-state index contributed by atoms with van der Waals surface area (Å²) in [6, 6.07) is 0.291. The highest BCUT2D eigenvalue weighted by Crippen LogP contribution is 2.31. The van der Waals surface area contributed by atoms with Gasteiger partial charge in [-0.3, -0.25) is 14.4 Å². The molecule has 0 radical (unpaired) electrons. The van der Waals surface area contributed by atoms with E-state index in [1.54, 1.807) is 9.80 Å². The van der Waals surface area contributed by atoms with Crippen LogP contribution in [0.4, 0.5) is 0 Å². The van der Waals surface area contributed by atoms with E-state index in [-0.39, 0.29) is 49.2 Å². The summed E-state index contributed by atoms with van der Waals surface area (Å²) >= 11 is 0. The maximum absolute atomic E-state index is 12.5. The van der Waals surface area contributed by atoms with Crippen molar-refractivity contribution in [1.82, 2.24) is 9.80 Å². The Morgan fingerprint density at radius 1 is 1.40 bits per heavy atom. The van der Waals surface area contributed by atoms with Gasteiger partial charge < -0.3 is 14.9 Å². The Bertz CT molecular complexity index is 417. The zero-order valence-electron chi connectivity index (χ0n) is 12.0. The minimum absolute atomic E-state index is 0.0207. The first-order valence-corrected chi connectivity index (χ1v) is 7.22. The molecule has 112 valence electrons. The third-order valence-corrected chi connectivity index (χ3v) is 3.97. The second-order valence-corrected chi connectivity index (χ2v) is 5.95. The fraction of sp³-hybridized carbons (Fsp3) is 0.786. The molecule has 6 heteroatoms. The molecule has 1 aliphatic heterocycles. The lowest BCUT2D eigenvalue weighted by atomic mass is 10.1. The van der Waals surface area contributed by atoms with E-state index in [1.807, 2.05) is 13.8 Å². The number of hydrogen-bond acceptors (Lipinski definition) is 3. The summed E-state index contributed by atoms with van der Waals surface area (Å²) in [6.45, 7) is 4.60. The predicted molar refractivity (Wildman–Crippen MR) is 71.9 cm³/mol. The monoisotopic (exact) mass is 282 g/mol. The van der Waals surface area contributed by atoms with Gasteiger partial charge in [-0.15, -0.1) is 0 Å². The van der Waals surface area contributed by atoms with Crippen molar-refractivity contribution in [1.29, 1.82) is 0 Å². The van der Waals surface area contributed by atoms with Crippen LogP contribution in [-0.2, 0) is 14.4 Å². The van der Waals surface area contributed by atoms with Gasteiger partial charge in [0.05, 0.1) is 12.3 Å². The number of aliphatic carboxylic acids is 1. The van der Waals surface area contributed by atoms with Crippen LogP contribution in [-0.4, -0.2) is 57.9 Å². The van der Waals surface area contributed by atoms with Gasteiger partial charge in [-0.2, -0.15) is 0 Å². The molecular weight excluding hydrogens is 260 g/mol. The van der Waals surface area contributed by atoms with Gasteiger partial charge in [0.1, 0.15) is 0 Å². The van der Waals surface area contributed by atoms with E-state index >= 15 is 0 Å². The molecule has 1 unspecified atom stereocenters. The van der Waals surface area contributed by atoms with Crippen LogP contribution in [0.2, 0.25) is 0 Å². The molecule has 20 heavy (non-hydrogen) atoms. The van der Waals surface area contributed by atoms with Gasteiger partial charge in [0.2, 0.25) is 11.8 Å². The minimum atomic E-state index is -0.894. The molecule has 1 heterocycles. The van der Waals surface area contributed by atoms with Gasteiger partial charge >= 0.3 is 5.97 Å². The van der Waals surface area contributed by atoms with E-state index in [1.165, 1.54) is 0 Å². The number of amides is 2. The van der Waals surface area contributed by atoms with Gasteiger partial charge in [0.15, 0.2) is 0 Å². The van der Waals surface area contributed by atoms with Gasteiger partial charge in [0, 0.05) is 31.6 Å². The maximum atomic E-state index is 12.5. The van der Waals surface area contributed by atoms with Gasteiger partial charge in [-0.1, -0.05) is 0 Å². The number of carbonyl (C=O) groups excluding carboxylic acids is 2. The minimum Gasteiger partial charge on any atom is -0.481 e. The molecule has 1 aliphatic carbocycles. The summed E-state index contributed by atoms with van der Waals surface area (Å²) in [4.78, 5) is 38.5. The van der Waals surface area contributed by atoms with Crippen molar-refractivity contribution in [3.05, 3.63) is 0 Å². The molecule has 1 atom stereocenters. The van der Waals surface area contributed by atoms with Crippen LogP contribution in [0.3, 0.4) is 0 Å². The lowest BCUT2D eigenvalue weighted by Crippen LogP contribution is -2.40. The number of likely N-dealkylation sites (tertiary alicyclic amines) is 1. The molecule has 1 saturated heterocycles. The summed E-state index contributed by atoms with van der Waals surface area (Å²) in [6.07, 6.45) is 2.12. The quantitative estimate of drug-likeness (QED) is 0.778. The summed E-state index contributed by atoms with van der Waals surface area (Å²) < 4.78 is 0. The van der Waals surface area contributed by atoms with Crippen molar-refractivity contribution in [2.75, 3.05) is 13.1 Å². The number of hydrogen-bond donors (Lipinski definition) is 1. The van der Waals surface area contributed by atoms with Crippen LogP contribution >= 0.6 is 0 Å². The Morgan fingerprint density at radius 3 is 2.50 bits per heavy atom. The van der Waals surface area contributed by atoms with Crippen molar-refractivity contribution in [3.8, 4) is 0 Å². The number of carboxylic acid groups (broad SMARTS) is 1. The van der Waals surface area contributed by atoms with Crippen LogP contribution < -0.4 is 0 Å². The summed E-state index contributed by atoms with van der Waals surface area (Å²) in [7, 11) is 0. The highest BCUT2D eigenvalue weighted by atomic mass is 16.4. The molecule has 2 rings (SSSR count). The fourth-order valence-corrected chi connectivity index (χ4v) is 2.71. The van der Waals surface area contributed by atoms with E-state index in [0.717, 1.165) is 12.8 Å². The zero-order valence-corrected chi connectivity index (χ0v) is 12.0. The van der Waals surface area contributed by atoms with Crippen molar-refractivity contribution < 1.29 is 19.5 Å². The van der Waals surface area contributed by atoms with Crippen LogP contribution in [0.15, 0.2) is 0 Å². The average Bonchev–Trinajstić information content (AvgIpc) is 3.11. The lowest BCUT2D eigenvalue weighted by Gasteiger charge is -2.25. The molecule has 0 bridgehead atoms. The van der Waals surface area contributed by atoms with Gasteiger partial charge in [-0.25, -0.2) is 0 Å². The van der Waals surface area contributed by atoms with E-state index in [9.17, 15) is 14.4 Å². The first-order valence-electron chi connectivity index (χ1n) is 7.22. The van der Waals surface area contributed by atoms with Gasteiger partial charge in [0.25, 0.3) is 0 Å². The summed E-state index contributed by atoms with van der Waals surface area (Å²) in [5.41, 5.74) is 0. The third kappa shape index (κ3) is 3.29. The Labute approximate surface area is 118 Å². The number of nitrogens with zero attached hydrogens (tertiary/aromatic N) is 2. The molecule has 1 saturated carbocycles. The van der Waals surface area contributed by atoms with E-state index in [0.29, 0.717) is 6.54 Å². The Balaban J connectivity index is 1.98.